The number of piperidine rings is 2. The van der Waals surface area contributed by atoms with E-state index in [1.807, 2.05) is 0 Å². The van der Waals surface area contributed by atoms with Crippen molar-refractivity contribution in [3.8, 4) is 0 Å². The van der Waals surface area contributed by atoms with E-state index in [9.17, 15) is 18.4 Å². The van der Waals surface area contributed by atoms with Gasteiger partial charge in [-0.3, -0.25) is 4.79 Å². The molecule has 0 saturated carbocycles. The topological polar surface area (TPSA) is 62.6 Å². The zero-order valence-corrected chi connectivity index (χ0v) is 13.7. The van der Waals surface area contributed by atoms with E-state index in [0.717, 1.165) is 25.9 Å². The maximum Gasteiger partial charge on any atom is 0.349 e. The van der Waals surface area contributed by atoms with Crippen molar-refractivity contribution in [1.82, 2.24) is 10.2 Å². The number of nitrogens with zero attached hydrogens (tertiary/aromatic N) is 1. The zero-order chi connectivity index (χ0) is 17.3. The number of hydrogen-bond donors (Lipinski definition) is 1. The van der Waals surface area contributed by atoms with Crippen molar-refractivity contribution in [2.45, 2.75) is 44.4 Å². The first-order chi connectivity index (χ1) is 11.4. The lowest BCUT2D eigenvalue weighted by atomic mass is 9.95. The molecule has 24 heavy (non-hydrogen) atoms. The van der Waals surface area contributed by atoms with Crippen LogP contribution < -0.4 is 10.9 Å². The summed E-state index contributed by atoms with van der Waals surface area (Å²) >= 11 is 0. The van der Waals surface area contributed by atoms with Gasteiger partial charge in [-0.2, -0.15) is 0 Å². The highest BCUT2D eigenvalue weighted by molar-refractivity contribution is 5.95. The molecular formula is C17H22F2N2O3. The lowest BCUT2D eigenvalue weighted by Crippen LogP contribution is -2.44. The van der Waals surface area contributed by atoms with Crippen molar-refractivity contribution in [2.24, 2.45) is 0 Å². The lowest BCUT2D eigenvalue weighted by Gasteiger charge is -2.31. The number of alkyl halides is 2. The number of carbonyl (C=O) groups excluding carboxylic acids is 1. The summed E-state index contributed by atoms with van der Waals surface area (Å²) in [6.45, 7) is 3.31. The van der Waals surface area contributed by atoms with Crippen LogP contribution in [0.25, 0.3) is 0 Å². The average molecular weight is 340 g/mol. The van der Waals surface area contributed by atoms with Gasteiger partial charge in [0.2, 0.25) is 0 Å². The van der Waals surface area contributed by atoms with Crippen LogP contribution in [0.4, 0.5) is 8.78 Å². The first kappa shape index (κ1) is 17.1. The molecule has 3 heterocycles. The zero-order valence-electron chi connectivity index (χ0n) is 13.7. The Morgan fingerprint density at radius 3 is 2.67 bits per heavy atom. The summed E-state index contributed by atoms with van der Waals surface area (Å²) in [5.41, 5.74) is -0.153. The first-order valence-corrected chi connectivity index (χ1v) is 8.40. The molecule has 0 bridgehead atoms. The van der Waals surface area contributed by atoms with Gasteiger partial charge in [0.15, 0.2) is 0 Å². The minimum Gasteiger partial charge on any atom is -0.427 e. The van der Waals surface area contributed by atoms with Gasteiger partial charge < -0.3 is 14.6 Å². The van der Waals surface area contributed by atoms with Gasteiger partial charge in [0.05, 0.1) is 0 Å². The Bertz CT molecular complexity index is 671. The van der Waals surface area contributed by atoms with E-state index < -0.39 is 17.5 Å². The van der Waals surface area contributed by atoms with Gasteiger partial charge in [0.25, 0.3) is 11.8 Å². The van der Waals surface area contributed by atoms with Crippen LogP contribution in [0.1, 0.15) is 53.3 Å². The Kier molecular flexibility index (Phi) is 4.71. The van der Waals surface area contributed by atoms with Crippen LogP contribution in [-0.4, -0.2) is 42.9 Å². The number of hydrogen-bond acceptors (Lipinski definition) is 4. The molecule has 0 aliphatic carbocycles. The molecule has 1 unspecified atom stereocenters. The molecule has 1 aromatic rings. The molecule has 0 radical (unpaired) electrons. The Hall–Kier alpha value is -1.76. The summed E-state index contributed by atoms with van der Waals surface area (Å²) in [6.07, 6.45) is 1.21. The molecule has 0 aromatic carbocycles. The van der Waals surface area contributed by atoms with Gasteiger partial charge >= 0.3 is 5.63 Å². The van der Waals surface area contributed by atoms with Crippen molar-refractivity contribution in [2.75, 3.05) is 26.2 Å². The fourth-order valence-corrected chi connectivity index (χ4v) is 3.38. The number of amides is 1. The van der Waals surface area contributed by atoms with Gasteiger partial charge in [0.1, 0.15) is 11.3 Å². The van der Waals surface area contributed by atoms with Crippen LogP contribution >= 0.6 is 0 Å². The summed E-state index contributed by atoms with van der Waals surface area (Å²) in [4.78, 5) is 26.2. The number of aryl methyl sites for hydroxylation is 1. The maximum atomic E-state index is 13.2. The van der Waals surface area contributed by atoms with E-state index in [2.05, 4.69) is 5.32 Å². The lowest BCUT2D eigenvalue weighted by molar-refractivity contribution is -0.0494. The fourth-order valence-electron chi connectivity index (χ4n) is 3.38. The van der Waals surface area contributed by atoms with Gasteiger partial charge in [-0.1, -0.05) is 0 Å². The average Bonchev–Trinajstić information content (AvgIpc) is 2.54. The Labute approximate surface area is 139 Å². The third-order valence-corrected chi connectivity index (χ3v) is 4.86. The predicted molar refractivity (Wildman–Crippen MR) is 84.6 cm³/mol. The molecule has 0 spiro atoms. The molecule has 1 N–H and O–H groups in total. The molecular weight excluding hydrogens is 318 g/mol. The van der Waals surface area contributed by atoms with Crippen LogP contribution in [0.5, 0.6) is 0 Å². The molecule has 1 aromatic heterocycles. The molecule has 1 atom stereocenters. The van der Waals surface area contributed by atoms with Gasteiger partial charge in [0, 0.05) is 38.4 Å². The molecule has 2 saturated heterocycles. The van der Waals surface area contributed by atoms with E-state index in [1.165, 1.54) is 4.90 Å². The van der Waals surface area contributed by atoms with Crippen molar-refractivity contribution in [3.63, 3.8) is 0 Å². The number of halogens is 2. The van der Waals surface area contributed by atoms with E-state index in [-0.39, 0.29) is 37.4 Å². The van der Waals surface area contributed by atoms with Crippen molar-refractivity contribution in [1.29, 1.82) is 0 Å². The minimum atomic E-state index is -2.73. The normalized spacial score (nSPS) is 24.0. The first-order valence-electron chi connectivity index (χ1n) is 8.40. The molecule has 5 nitrogen and oxygen atoms in total. The van der Waals surface area contributed by atoms with Crippen LogP contribution in [-0.2, 0) is 0 Å². The SMILES string of the molecule is Cc1cc(C2CCCNC2)oc(=O)c1C(=O)N1CCC(F)(F)CC1. The smallest absolute Gasteiger partial charge is 0.349 e. The minimum absolute atomic E-state index is 0.0345. The van der Waals surface area contributed by atoms with Crippen molar-refractivity contribution in [3.05, 3.63) is 33.4 Å². The quantitative estimate of drug-likeness (QED) is 0.897. The molecule has 7 heteroatoms. The van der Waals surface area contributed by atoms with Crippen LogP contribution in [0.3, 0.4) is 0 Å². The van der Waals surface area contributed by atoms with E-state index >= 15 is 0 Å². The molecule has 3 rings (SSSR count). The van der Waals surface area contributed by atoms with E-state index in [1.54, 1.807) is 13.0 Å². The monoisotopic (exact) mass is 340 g/mol. The molecule has 132 valence electrons. The second-order valence-electron chi connectivity index (χ2n) is 6.69. The summed E-state index contributed by atoms with van der Waals surface area (Å²) in [5, 5.41) is 3.26. The third-order valence-electron chi connectivity index (χ3n) is 4.86. The standard InChI is InChI=1S/C17H22F2N2O3/c1-11-9-13(12-3-2-6-20-10-12)24-16(23)14(11)15(22)21-7-4-17(18,19)5-8-21/h9,12,20H,2-8,10H2,1H3. The Morgan fingerprint density at radius 1 is 1.38 bits per heavy atom. The molecule has 1 amide bonds. The van der Waals surface area contributed by atoms with Crippen LogP contribution in [0.15, 0.2) is 15.3 Å². The number of carbonyl (C=O) groups is 1. The Balaban J connectivity index is 1.81. The van der Waals surface area contributed by atoms with Crippen molar-refractivity contribution < 1.29 is 18.0 Å². The van der Waals surface area contributed by atoms with Gasteiger partial charge in [-0.05, 0) is 37.9 Å². The van der Waals surface area contributed by atoms with Gasteiger partial charge in [-0.15, -0.1) is 0 Å². The number of likely N-dealkylation sites (tertiary alicyclic amines) is 1. The van der Waals surface area contributed by atoms with Crippen LogP contribution in [0, 0.1) is 6.92 Å². The fraction of sp³-hybridized carbons (Fsp3) is 0.647. The van der Waals surface area contributed by atoms with E-state index in [4.69, 9.17) is 4.42 Å². The number of rotatable bonds is 2. The third kappa shape index (κ3) is 3.50. The highest BCUT2D eigenvalue weighted by Gasteiger charge is 2.37. The summed E-state index contributed by atoms with van der Waals surface area (Å²) in [5.74, 6) is -2.52. The number of nitrogens with one attached hydrogen (secondary N) is 1. The van der Waals surface area contributed by atoms with E-state index in [0.29, 0.717) is 11.3 Å². The maximum absolute atomic E-state index is 13.2. The highest BCUT2D eigenvalue weighted by Crippen LogP contribution is 2.29. The highest BCUT2D eigenvalue weighted by atomic mass is 19.3. The molecule has 2 fully saturated rings. The summed E-state index contributed by atoms with van der Waals surface area (Å²) < 4.78 is 31.9. The van der Waals surface area contributed by atoms with Crippen LogP contribution in [0.2, 0.25) is 0 Å². The summed E-state index contributed by atoms with van der Waals surface area (Å²) in [6, 6.07) is 1.74. The molecule has 2 aliphatic rings. The summed E-state index contributed by atoms with van der Waals surface area (Å²) in [7, 11) is 0. The largest absolute Gasteiger partial charge is 0.427 e. The van der Waals surface area contributed by atoms with Crippen molar-refractivity contribution >= 4 is 5.91 Å². The second-order valence-corrected chi connectivity index (χ2v) is 6.69. The second kappa shape index (κ2) is 6.63. The molecule has 2 aliphatic heterocycles. The predicted octanol–water partition coefficient (Wildman–Crippen LogP) is 2.29. The van der Waals surface area contributed by atoms with Gasteiger partial charge in [-0.25, -0.2) is 13.6 Å². The Morgan fingerprint density at radius 2 is 2.08 bits per heavy atom.